The van der Waals surface area contributed by atoms with Gasteiger partial charge in [0.15, 0.2) is 5.65 Å². The molecule has 3 amide bonds. The first kappa shape index (κ1) is 34.0. The molecular weight excluding hydrogens is 643 g/mol. The van der Waals surface area contributed by atoms with Crippen LogP contribution >= 0.6 is 0 Å². The molecule has 0 aliphatic carbocycles. The topological polar surface area (TPSA) is 155 Å². The van der Waals surface area contributed by atoms with Crippen molar-refractivity contribution in [1.29, 1.82) is 0 Å². The molecule has 2 aromatic carbocycles. The first-order valence-electron chi connectivity index (χ1n) is 16.5. The summed E-state index contributed by atoms with van der Waals surface area (Å²) in [6, 6.07) is 16.2. The summed E-state index contributed by atoms with van der Waals surface area (Å²) in [5.74, 6) is -0.525. The van der Waals surface area contributed by atoms with Crippen molar-refractivity contribution in [2.24, 2.45) is 0 Å². The van der Waals surface area contributed by atoms with E-state index in [0.717, 1.165) is 16.6 Å². The molecule has 258 valence electrons. The number of hydrogen-bond acceptors (Lipinski definition) is 7. The molecule has 4 heterocycles. The van der Waals surface area contributed by atoms with E-state index < -0.39 is 17.1 Å². The predicted octanol–water partition coefficient (Wildman–Crippen LogP) is 3.37. The molecule has 2 N–H and O–H groups in total. The molecule has 0 fully saturated rings. The number of pyridine rings is 1. The Bertz CT molecular complexity index is 2170. The maximum absolute atomic E-state index is 13.7. The summed E-state index contributed by atoms with van der Waals surface area (Å²) in [5, 5.41) is 2.67. The summed E-state index contributed by atoms with van der Waals surface area (Å²) >= 11 is 0. The number of nitrogens with zero attached hydrogens (tertiary/aromatic N) is 6. The van der Waals surface area contributed by atoms with Gasteiger partial charge in [0.2, 0.25) is 5.91 Å². The summed E-state index contributed by atoms with van der Waals surface area (Å²) < 4.78 is 16.2. The van der Waals surface area contributed by atoms with Crippen LogP contribution in [0.4, 0.5) is 10.2 Å². The number of rotatable bonds is 12. The maximum atomic E-state index is 13.7. The first-order valence-corrected chi connectivity index (χ1v) is 16.5. The van der Waals surface area contributed by atoms with E-state index in [9.17, 15) is 28.4 Å². The van der Waals surface area contributed by atoms with Gasteiger partial charge in [0.05, 0.1) is 0 Å². The second-order valence-corrected chi connectivity index (χ2v) is 12.1. The summed E-state index contributed by atoms with van der Waals surface area (Å²) in [7, 11) is 0. The Balaban J connectivity index is 1.27. The number of halogens is 1. The Morgan fingerprint density at radius 3 is 2.48 bits per heavy atom. The van der Waals surface area contributed by atoms with Gasteiger partial charge in [-0.1, -0.05) is 25.1 Å². The third kappa shape index (κ3) is 6.95. The summed E-state index contributed by atoms with van der Waals surface area (Å²) in [5.41, 5.74) is 1.76. The highest BCUT2D eigenvalue weighted by Gasteiger charge is 2.25. The molecule has 0 spiro atoms. The zero-order valence-electron chi connectivity index (χ0n) is 27.8. The van der Waals surface area contributed by atoms with Crippen molar-refractivity contribution in [2.75, 3.05) is 31.1 Å². The number of amides is 3. The van der Waals surface area contributed by atoms with Crippen LogP contribution in [0.2, 0.25) is 0 Å². The van der Waals surface area contributed by atoms with Crippen LogP contribution in [0.3, 0.4) is 0 Å². The zero-order valence-corrected chi connectivity index (χ0v) is 27.8. The second kappa shape index (κ2) is 14.7. The molecule has 13 nitrogen and oxygen atoms in total. The van der Waals surface area contributed by atoms with Gasteiger partial charge in [-0.15, -0.1) is 0 Å². The second-order valence-electron chi connectivity index (χ2n) is 12.1. The van der Waals surface area contributed by atoms with Gasteiger partial charge in [-0.25, -0.2) is 19.2 Å². The van der Waals surface area contributed by atoms with Gasteiger partial charge >= 0.3 is 5.69 Å². The molecule has 0 unspecified atom stereocenters. The van der Waals surface area contributed by atoms with E-state index in [-0.39, 0.29) is 60.6 Å². The number of imidazole rings is 1. The highest BCUT2D eigenvalue weighted by molar-refractivity contribution is 6.05. The molecule has 0 radical (unpaired) electrons. The van der Waals surface area contributed by atoms with Gasteiger partial charge in [-0.2, -0.15) is 0 Å². The molecule has 0 saturated heterocycles. The highest BCUT2D eigenvalue weighted by Crippen LogP contribution is 2.23. The maximum Gasteiger partial charge on any atom is 0.332 e. The highest BCUT2D eigenvalue weighted by atomic mass is 19.1. The Hall–Kier alpha value is -5.92. The van der Waals surface area contributed by atoms with Crippen LogP contribution in [0.1, 0.15) is 53.0 Å². The minimum Gasteiger partial charge on any atom is -0.355 e. The molecule has 0 saturated carbocycles. The number of fused-ring (bicyclic) bond motifs is 2. The van der Waals surface area contributed by atoms with Gasteiger partial charge < -0.3 is 15.2 Å². The monoisotopic (exact) mass is 680 g/mol. The fourth-order valence-corrected chi connectivity index (χ4v) is 6.13. The summed E-state index contributed by atoms with van der Waals surface area (Å²) in [4.78, 5) is 80.3. The van der Waals surface area contributed by atoms with E-state index in [1.54, 1.807) is 17.0 Å². The molecule has 6 rings (SSSR count). The average Bonchev–Trinajstić information content (AvgIpc) is 3.57. The SMILES string of the molecule is CCCn1c(=O)c2[nH]c(-c3ccc(N(CCCN4CCc5ccccc5C4=O)C(=O)c4ccc(F)cc4)nc3)nc2n(CCNC(C)=O)c1=O. The van der Waals surface area contributed by atoms with E-state index in [2.05, 4.69) is 20.3 Å². The van der Waals surface area contributed by atoms with Gasteiger partial charge in [0.1, 0.15) is 23.0 Å². The smallest absolute Gasteiger partial charge is 0.332 e. The minimum absolute atomic E-state index is 0.0430. The van der Waals surface area contributed by atoms with E-state index in [0.29, 0.717) is 48.7 Å². The lowest BCUT2D eigenvalue weighted by atomic mass is 9.99. The molecule has 0 atom stereocenters. The van der Waals surface area contributed by atoms with Crippen molar-refractivity contribution >= 4 is 34.7 Å². The quantitative estimate of drug-likeness (QED) is 0.205. The Labute approximate surface area is 286 Å². The Kier molecular flexibility index (Phi) is 9.97. The number of carbonyl (C=O) groups is 3. The number of aromatic amines is 1. The van der Waals surface area contributed by atoms with Crippen molar-refractivity contribution < 1.29 is 18.8 Å². The molecular formula is C36H37FN8O5. The largest absolute Gasteiger partial charge is 0.355 e. The first-order chi connectivity index (χ1) is 24.2. The number of H-pyrrole nitrogens is 1. The van der Waals surface area contributed by atoms with Gasteiger partial charge in [-0.3, -0.25) is 33.2 Å². The molecule has 50 heavy (non-hydrogen) atoms. The lowest BCUT2D eigenvalue weighted by molar-refractivity contribution is -0.119. The summed E-state index contributed by atoms with van der Waals surface area (Å²) in [6.07, 6.45) is 3.29. The number of benzene rings is 2. The number of carbonyl (C=O) groups excluding carboxylic acids is 3. The molecule has 0 bridgehead atoms. The van der Waals surface area contributed by atoms with Crippen LogP contribution in [0.25, 0.3) is 22.6 Å². The molecule has 3 aromatic heterocycles. The standard InChI is InChI=1S/C36H37FN8O5/c1-3-17-45-35(49)30-32(44(36(45)50)21-16-38-23(2)46)41-31(40-30)26-11-14-29(39-22-26)43(33(47)25-9-12-27(37)13-10-25)19-6-18-42-20-15-24-7-4-5-8-28(24)34(42)48/h4-5,7-14,22H,3,6,15-21H2,1-2H3,(H,38,46)(H,40,41). The van der Waals surface area contributed by atoms with E-state index in [1.165, 1.54) is 46.9 Å². The average molecular weight is 681 g/mol. The molecule has 1 aliphatic rings. The number of aromatic nitrogens is 5. The van der Waals surface area contributed by atoms with Gasteiger partial charge in [-0.05, 0) is 67.3 Å². The number of nitrogens with one attached hydrogen (secondary N) is 2. The third-order valence-corrected chi connectivity index (χ3v) is 8.65. The van der Waals surface area contributed by atoms with Crippen molar-refractivity contribution in [3.63, 3.8) is 0 Å². The predicted molar refractivity (Wildman–Crippen MR) is 186 cm³/mol. The van der Waals surface area contributed by atoms with Gasteiger partial charge in [0, 0.05) is 69.1 Å². The third-order valence-electron chi connectivity index (χ3n) is 8.65. The lowest BCUT2D eigenvalue weighted by Gasteiger charge is -2.29. The summed E-state index contributed by atoms with van der Waals surface area (Å²) in [6.45, 7) is 4.97. The lowest BCUT2D eigenvalue weighted by Crippen LogP contribution is -2.41. The van der Waals surface area contributed by atoms with E-state index in [4.69, 9.17) is 0 Å². The normalized spacial score (nSPS) is 12.6. The fraction of sp³-hybridized carbons (Fsp3) is 0.306. The minimum atomic E-state index is -0.522. The zero-order chi connectivity index (χ0) is 35.4. The molecule has 14 heteroatoms. The number of anilines is 1. The van der Waals surface area contributed by atoms with E-state index >= 15 is 0 Å². The van der Waals surface area contributed by atoms with E-state index in [1.807, 2.05) is 31.2 Å². The van der Waals surface area contributed by atoms with Crippen LogP contribution in [0.5, 0.6) is 0 Å². The van der Waals surface area contributed by atoms with Crippen molar-refractivity contribution in [1.82, 2.24) is 34.3 Å². The Morgan fingerprint density at radius 1 is 0.980 bits per heavy atom. The fourth-order valence-electron chi connectivity index (χ4n) is 6.13. The number of hydrogen-bond donors (Lipinski definition) is 2. The molecule has 1 aliphatic heterocycles. The van der Waals surface area contributed by atoms with Crippen LogP contribution in [-0.2, 0) is 24.3 Å². The van der Waals surface area contributed by atoms with Gasteiger partial charge in [0.25, 0.3) is 17.4 Å². The molecule has 5 aromatic rings. The van der Waals surface area contributed by atoms with Crippen molar-refractivity contribution in [2.45, 2.75) is 46.2 Å². The Morgan fingerprint density at radius 2 is 1.76 bits per heavy atom. The van der Waals surface area contributed by atoms with Crippen LogP contribution in [-0.4, -0.2) is 72.9 Å². The van der Waals surface area contributed by atoms with Crippen LogP contribution in [0, 0.1) is 5.82 Å². The van der Waals surface area contributed by atoms with Crippen LogP contribution < -0.4 is 21.5 Å². The van der Waals surface area contributed by atoms with Crippen LogP contribution in [0.15, 0.2) is 76.4 Å². The van der Waals surface area contributed by atoms with Crippen molar-refractivity contribution in [3.8, 4) is 11.4 Å². The van der Waals surface area contributed by atoms with Crippen molar-refractivity contribution in [3.05, 3.63) is 110 Å².